The molecule has 0 saturated heterocycles. The standard InChI is InChI=1S/C20H21FN6O3S/c1-22-20(28)27-31(3,29)11-13-5-4-6-15(9-13)25-19-24-12-23-18(26-19)16-8-7-14(21)10-17(16)30-2/h4-10,12H,11H2,1-3H3,(H,22,28)(H,23,24,25,26). The van der Waals surface area contributed by atoms with Crippen LogP contribution in [0.5, 0.6) is 5.75 Å². The van der Waals surface area contributed by atoms with Gasteiger partial charge in [-0.05, 0) is 29.8 Å². The van der Waals surface area contributed by atoms with Gasteiger partial charge >= 0.3 is 6.03 Å². The maximum Gasteiger partial charge on any atom is 0.348 e. The fraction of sp³-hybridized carbons (Fsp3) is 0.200. The van der Waals surface area contributed by atoms with Crippen LogP contribution in [0.15, 0.2) is 53.2 Å². The molecule has 2 aromatic carbocycles. The Morgan fingerprint density at radius 1 is 1.23 bits per heavy atom. The highest BCUT2D eigenvalue weighted by Gasteiger charge is 2.12. The summed E-state index contributed by atoms with van der Waals surface area (Å²) >= 11 is 0. The Balaban J connectivity index is 1.84. The van der Waals surface area contributed by atoms with Crippen molar-refractivity contribution in [2.75, 3.05) is 25.7 Å². The number of hydrogen-bond donors (Lipinski definition) is 2. The largest absolute Gasteiger partial charge is 0.496 e. The molecule has 2 N–H and O–H groups in total. The summed E-state index contributed by atoms with van der Waals surface area (Å²) < 4.78 is 34.9. The molecule has 9 nitrogen and oxygen atoms in total. The van der Waals surface area contributed by atoms with E-state index < -0.39 is 21.6 Å². The van der Waals surface area contributed by atoms with Gasteiger partial charge in [-0.25, -0.2) is 23.4 Å². The number of aromatic nitrogens is 3. The van der Waals surface area contributed by atoms with Gasteiger partial charge < -0.3 is 15.4 Å². The molecule has 1 atom stereocenters. The van der Waals surface area contributed by atoms with Gasteiger partial charge in [-0.2, -0.15) is 4.98 Å². The molecule has 0 spiro atoms. The van der Waals surface area contributed by atoms with E-state index in [1.54, 1.807) is 24.3 Å². The van der Waals surface area contributed by atoms with Gasteiger partial charge in [0.15, 0.2) is 5.82 Å². The number of urea groups is 1. The maximum atomic E-state index is 13.5. The number of methoxy groups -OCH3 is 1. The maximum absolute atomic E-state index is 13.5. The van der Waals surface area contributed by atoms with E-state index in [0.717, 1.165) is 5.56 Å². The molecule has 1 heterocycles. The fourth-order valence-electron chi connectivity index (χ4n) is 2.77. The molecule has 2 amide bonds. The van der Waals surface area contributed by atoms with E-state index in [4.69, 9.17) is 4.74 Å². The summed E-state index contributed by atoms with van der Waals surface area (Å²) in [5.41, 5.74) is 1.89. The third kappa shape index (κ3) is 5.95. The number of hydrogen-bond acceptors (Lipinski definition) is 7. The van der Waals surface area contributed by atoms with Crippen LogP contribution in [0.1, 0.15) is 5.56 Å². The molecule has 0 saturated carbocycles. The predicted octanol–water partition coefficient (Wildman–Crippen LogP) is 3.37. The predicted molar refractivity (Wildman–Crippen MR) is 116 cm³/mol. The molecular formula is C20H21FN6O3S. The topological polar surface area (TPSA) is 118 Å². The molecule has 0 aliphatic carbocycles. The Morgan fingerprint density at radius 3 is 2.77 bits per heavy atom. The monoisotopic (exact) mass is 444 g/mol. The summed E-state index contributed by atoms with van der Waals surface area (Å²) in [5.74, 6) is 0.551. The van der Waals surface area contributed by atoms with E-state index >= 15 is 0 Å². The first-order chi connectivity index (χ1) is 14.8. The van der Waals surface area contributed by atoms with Gasteiger partial charge in [0.2, 0.25) is 5.95 Å². The molecule has 3 rings (SSSR count). The van der Waals surface area contributed by atoms with Crippen molar-refractivity contribution in [2.45, 2.75) is 5.75 Å². The zero-order chi connectivity index (χ0) is 22.4. The van der Waals surface area contributed by atoms with Gasteiger partial charge in [0, 0.05) is 25.1 Å². The summed E-state index contributed by atoms with van der Waals surface area (Å²) in [6, 6.07) is 10.6. The Morgan fingerprint density at radius 2 is 2.03 bits per heavy atom. The first-order valence-corrected chi connectivity index (χ1v) is 11.2. The van der Waals surface area contributed by atoms with Crippen molar-refractivity contribution in [2.24, 2.45) is 4.36 Å². The highest BCUT2D eigenvalue weighted by molar-refractivity contribution is 7.92. The van der Waals surface area contributed by atoms with Crippen LogP contribution in [0.3, 0.4) is 0 Å². The van der Waals surface area contributed by atoms with Crippen molar-refractivity contribution in [1.29, 1.82) is 0 Å². The summed E-state index contributed by atoms with van der Waals surface area (Å²) in [4.78, 5) is 24.0. The van der Waals surface area contributed by atoms with E-state index in [1.165, 1.54) is 44.9 Å². The van der Waals surface area contributed by atoms with Crippen LogP contribution in [-0.4, -0.2) is 45.6 Å². The van der Waals surface area contributed by atoms with E-state index in [1.807, 2.05) is 0 Å². The number of nitrogens with zero attached hydrogens (tertiary/aromatic N) is 4. The van der Waals surface area contributed by atoms with E-state index in [9.17, 15) is 13.4 Å². The van der Waals surface area contributed by atoms with Crippen molar-refractivity contribution in [3.8, 4) is 17.1 Å². The number of nitrogens with one attached hydrogen (secondary N) is 2. The summed E-state index contributed by atoms with van der Waals surface area (Å²) in [5, 5.41) is 5.39. The molecule has 0 radical (unpaired) electrons. The molecule has 11 heteroatoms. The number of amides is 2. The second-order valence-corrected chi connectivity index (χ2v) is 8.94. The second-order valence-electron chi connectivity index (χ2n) is 6.55. The number of carbonyl (C=O) groups excluding carboxylic acids is 1. The van der Waals surface area contributed by atoms with Crippen LogP contribution >= 0.6 is 0 Å². The summed E-state index contributed by atoms with van der Waals surface area (Å²) in [7, 11) is 0.124. The van der Waals surface area contributed by atoms with Crippen molar-refractivity contribution >= 4 is 27.4 Å². The quantitative estimate of drug-likeness (QED) is 0.598. The lowest BCUT2D eigenvalue weighted by molar-refractivity contribution is 0.251. The highest BCUT2D eigenvalue weighted by atomic mass is 32.2. The van der Waals surface area contributed by atoms with Crippen molar-refractivity contribution < 1.29 is 18.1 Å². The summed E-state index contributed by atoms with van der Waals surface area (Å²) in [6.07, 6.45) is 2.76. The SMILES string of the molecule is CNC(=O)N=S(C)(=O)Cc1cccc(Nc2ncnc(-c3ccc(F)cc3OC)n2)c1. The zero-order valence-electron chi connectivity index (χ0n) is 17.1. The van der Waals surface area contributed by atoms with Crippen LogP contribution < -0.4 is 15.4 Å². The van der Waals surface area contributed by atoms with Gasteiger partial charge in [0.05, 0.1) is 28.2 Å². The van der Waals surface area contributed by atoms with Gasteiger partial charge in [-0.15, -0.1) is 4.36 Å². The lowest BCUT2D eigenvalue weighted by Gasteiger charge is -2.10. The molecule has 0 aliphatic heterocycles. The minimum Gasteiger partial charge on any atom is -0.496 e. The molecule has 0 fully saturated rings. The number of anilines is 2. The number of rotatable bonds is 6. The lowest BCUT2D eigenvalue weighted by atomic mass is 10.2. The average molecular weight is 444 g/mol. The summed E-state index contributed by atoms with van der Waals surface area (Å²) in [6.45, 7) is 0. The molecule has 162 valence electrons. The van der Waals surface area contributed by atoms with Crippen molar-refractivity contribution in [1.82, 2.24) is 20.3 Å². The van der Waals surface area contributed by atoms with Gasteiger partial charge in [-0.1, -0.05) is 12.1 Å². The number of halogens is 1. The van der Waals surface area contributed by atoms with Crippen LogP contribution in [0.25, 0.3) is 11.4 Å². The van der Waals surface area contributed by atoms with E-state index in [2.05, 4.69) is 29.9 Å². The number of benzene rings is 2. The number of ether oxygens (including phenoxy) is 1. The van der Waals surface area contributed by atoms with E-state index in [-0.39, 0.29) is 11.7 Å². The molecule has 3 aromatic rings. The van der Waals surface area contributed by atoms with Gasteiger partial charge in [0.25, 0.3) is 0 Å². The zero-order valence-corrected chi connectivity index (χ0v) is 17.9. The highest BCUT2D eigenvalue weighted by Crippen LogP contribution is 2.28. The Labute approximate surface area is 179 Å². The van der Waals surface area contributed by atoms with Gasteiger partial charge in [0.1, 0.15) is 17.9 Å². The Hall–Kier alpha value is -3.60. The van der Waals surface area contributed by atoms with Crippen LogP contribution in [0.4, 0.5) is 20.8 Å². The second kappa shape index (κ2) is 9.47. The smallest absolute Gasteiger partial charge is 0.348 e. The molecule has 0 aliphatic rings. The van der Waals surface area contributed by atoms with Crippen LogP contribution in [0.2, 0.25) is 0 Å². The fourth-order valence-corrected chi connectivity index (χ4v) is 4.07. The normalized spacial score (nSPS) is 12.5. The first kappa shape index (κ1) is 22.1. The third-order valence-electron chi connectivity index (χ3n) is 4.08. The minimum absolute atomic E-state index is 0.102. The Kier molecular flexibility index (Phi) is 6.75. The molecule has 1 aromatic heterocycles. The molecular weight excluding hydrogens is 423 g/mol. The van der Waals surface area contributed by atoms with Crippen molar-refractivity contribution in [3.05, 3.63) is 60.2 Å². The third-order valence-corrected chi connectivity index (χ3v) is 5.50. The van der Waals surface area contributed by atoms with Crippen molar-refractivity contribution in [3.63, 3.8) is 0 Å². The van der Waals surface area contributed by atoms with Crippen LogP contribution in [0, 0.1) is 5.82 Å². The first-order valence-electron chi connectivity index (χ1n) is 9.10. The van der Waals surface area contributed by atoms with Crippen LogP contribution in [-0.2, 0) is 15.5 Å². The average Bonchev–Trinajstić information content (AvgIpc) is 2.73. The molecule has 31 heavy (non-hydrogen) atoms. The number of carbonyl (C=O) groups is 1. The lowest BCUT2D eigenvalue weighted by Crippen LogP contribution is -2.16. The van der Waals surface area contributed by atoms with E-state index in [0.29, 0.717) is 22.8 Å². The molecule has 1 unspecified atom stereocenters. The minimum atomic E-state index is -2.74. The molecule has 0 bridgehead atoms. The Bertz CT molecular complexity index is 1230. The van der Waals surface area contributed by atoms with Gasteiger partial charge in [-0.3, -0.25) is 0 Å².